The van der Waals surface area contributed by atoms with Crippen molar-refractivity contribution in [2.24, 2.45) is 0 Å². The fourth-order valence-corrected chi connectivity index (χ4v) is 1.69. The van der Waals surface area contributed by atoms with E-state index >= 15 is 0 Å². The van der Waals surface area contributed by atoms with Crippen LogP contribution in [0, 0.1) is 3.57 Å². The molecule has 0 atom stereocenters. The highest BCUT2D eigenvalue weighted by Crippen LogP contribution is 2.29. The maximum Gasteiger partial charge on any atom is 0.433 e. The minimum absolute atomic E-state index is 0.362. The number of aromatic nitrogens is 2. The van der Waals surface area contributed by atoms with Crippen molar-refractivity contribution in [1.29, 1.82) is 0 Å². The number of H-pyrrole nitrogens is 1. The van der Waals surface area contributed by atoms with Gasteiger partial charge in [0, 0.05) is 6.20 Å². The number of nitrogens with zero attached hydrogens (tertiary/aromatic N) is 1. The zero-order valence-corrected chi connectivity index (χ0v) is 8.85. The third-order valence-corrected chi connectivity index (χ3v) is 2.59. The molecule has 0 unspecified atom stereocenters. The van der Waals surface area contributed by atoms with Gasteiger partial charge in [-0.2, -0.15) is 13.2 Å². The van der Waals surface area contributed by atoms with Crippen molar-refractivity contribution in [2.45, 2.75) is 6.18 Å². The number of pyridine rings is 1. The molecule has 74 valence electrons. The van der Waals surface area contributed by atoms with E-state index in [0.29, 0.717) is 14.6 Å². The first-order valence-corrected chi connectivity index (χ1v) is 4.77. The van der Waals surface area contributed by atoms with Crippen LogP contribution in [-0.2, 0) is 6.18 Å². The number of fused-ring (bicyclic) bond motifs is 1. The lowest BCUT2D eigenvalue weighted by atomic mass is 10.3. The summed E-state index contributed by atoms with van der Waals surface area (Å²) in [5.41, 5.74) is 0.116. The van der Waals surface area contributed by atoms with E-state index in [1.165, 1.54) is 6.07 Å². The molecule has 0 aliphatic heterocycles. The second kappa shape index (κ2) is 3.11. The highest BCUT2D eigenvalue weighted by atomic mass is 127. The number of alkyl halides is 3. The normalized spacial score (nSPS) is 12.3. The summed E-state index contributed by atoms with van der Waals surface area (Å²) in [6, 6.07) is 2.35. The molecule has 0 aliphatic rings. The van der Waals surface area contributed by atoms with Crippen molar-refractivity contribution >= 4 is 33.6 Å². The van der Waals surface area contributed by atoms with Crippen molar-refractivity contribution in [2.75, 3.05) is 0 Å². The molecule has 2 rings (SSSR count). The average Bonchev–Trinajstić information content (AvgIpc) is 2.46. The molecule has 0 radical (unpaired) electrons. The van der Waals surface area contributed by atoms with Crippen molar-refractivity contribution < 1.29 is 13.2 Å². The second-order valence-corrected chi connectivity index (χ2v) is 3.89. The second-order valence-electron chi connectivity index (χ2n) is 2.73. The Morgan fingerprint density at radius 1 is 1.29 bits per heavy atom. The predicted octanol–water partition coefficient (Wildman–Crippen LogP) is 3.19. The number of hydrogen-bond acceptors (Lipinski definition) is 1. The van der Waals surface area contributed by atoms with E-state index < -0.39 is 11.9 Å². The molecule has 0 aliphatic carbocycles. The zero-order valence-electron chi connectivity index (χ0n) is 6.69. The lowest BCUT2D eigenvalue weighted by molar-refractivity contribution is -0.140. The molecule has 6 heteroatoms. The van der Waals surface area contributed by atoms with Crippen LogP contribution in [0.2, 0.25) is 0 Å². The van der Waals surface area contributed by atoms with Gasteiger partial charge in [0.15, 0.2) is 0 Å². The largest absolute Gasteiger partial charge is 0.433 e. The van der Waals surface area contributed by atoms with Crippen LogP contribution in [0.4, 0.5) is 13.2 Å². The highest BCUT2D eigenvalue weighted by Gasteiger charge is 2.32. The molecule has 0 saturated heterocycles. The zero-order chi connectivity index (χ0) is 10.3. The molecule has 0 spiro atoms. The van der Waals surface area contributed by atoms with Crippen LogP contribution in [-0.4, -0.2) is 9.97 Å². The molecule has 1 N–H and O–H groups in total. The van der Waals surface area contributed by atoms with E-state index in [-0.39, 0.29) is 0 Å². The van der Waals surface area contributed by atoms with Crippen LogP contribution < -0.4 is 0 Å². The summed E-state index contributed by atoms with van der Waals surface area (Å²) in [5.74, 6) is 0. The fraction of sp³-hybridized carbons (Fsp3) is 0.125. The van der Waals surface area contributed by atoms with Gasteiger partial charge in [0.1, 0.15) is 11.2 Å². The lowest BCUT2D eigenvalue weighted by Crippen LogP contribution is -2.07. The molecule has 0 amide bonds. The Balaban J connectivity index is 2.66. The SMILES string of the molecule is FC(F)(F)c1ccc2[nH]cc(I)c2n1. The Bertz CT molecular complexity index is 475. The Morgan fingerprint density at radius 2 is 2.00 bits per heavy atom. The molecule has 2 nitrogen and oxygen atoms in total. The maximum atomic E-state index is 12.3. The van der Waals surface area contributed by atoms with E-state index in [0.717, 1.165) is 6.07 Å². The molecule has 2 aromatic heterocycles. The summed E-state index contributed by atoms with van der Waals surface area (Å²) in [4.78, 5) is 6.37. The van der Waals surface area contributed by atoms with Gasteiger partial charge >= 0.3 is 6.18 Å². The molecule has 14 heavy (non-hydrogen) atoms. The number of halogens is 4. The van der Waals surface area contributed by atoms with Gasteiger partial charge in [0.25, 0.3) is 0 Å². The molecule has 0 aromatic carbocycles. The standard InChI is InChI=1S/C8H4F3IN2/c9-8(10,11)6-2-1-5-7(14-6)4(12)3-13-5/h1-3,13H. The van der Waals surface area contributed by atoms with E-state index in [1.54, 1.807) is 6.20 Å². The van der Waals surface area contributed by atoms with Crippen molar-refractivity contribution in [3.63, 3.8) is 0 Å². The topological polar surface area (TPSA) is 28.7 Å². The monoisotopic (exact) mass is 312 g/mol. The number of nitrogens with one attached hydrogen (secondary N) is 1. The highest BCUT2D eigenvalue weighted by molar-refractivity contribution is 14.1. The number of rotatable bonds is 0. The summed E-state index contributed by atoms with van der Waals surface area (Å²) in [6.07, 6.45) is -2.76. The number of hydrogen-bond donors (Lipinski definition) is 1. The van der Waals surface area contributed by atoms with Crippen LogP contribution in [0.1, 0.15) is 5.69 Å². The Kier molecular flexibility index (Phi) is 2.17. The quantitative estimate of drug-likeness (QED) is 0.744. The smallest absolute Gasteiger partial charge is 0.359 e. The first kappa shape index (κ1) is 9.75. The molecule has 2 aromatic rings. The Labute approximate surface area is 90.7 Å². The first-order chi connectivity index (χ1) is 6.48. The summed E-state index contributed by atoms with van der Waals surface area (Å²) in [7, 11) is 0. The van der Waals surface area contributed by atoms with Crippen molar-refractivity contribution in [1.82, 2.24) is 9.97 Å². The van der Waals surface area contributed by atoms with E-state index in [9.17, 15) is 13.2 Å². The van der Waals surface area contributed by atoms with Gasteiger partial charge in [-0.25, -0.2) is 4.98 Å². The van der Waals surface area contributed by atoms with Crippen LogP contribution in [0.15, 0.2) is 18.3 Å². The van der Waals surface area contributed by atoms with Crippen molar-refractivity contribution in [3.05, 3.63) is 27.6 Å². The third-order valence-electron chi connectivity index (χ3n) is 1.77. The lowest BCUT2D eigenvalue weighted by Gasteiger charge is -2.04. The van der Waals surface area contributed by atoms with E-state index in [4.69, 9.17) is 0 Å². The van der Waals surface area contributed by atoms with E-state index in [1.807, 2.05) is 22.6 Å². The van der Waals surface area contributed by atoms with Gasteiger partial charge in [-0.1, -0.05) is 0 Å². The van der Waals surface area contributed by atoms with Crippen LogP contribution in [0.3, 0.4) is 0 Å². The summed E-state index contributed by atoms with van der Waals surface area (Å²) >= 11 is 1.94. The maximum absolute atomic E-state index is 12.3. The molecule has 0 bridgehead atoms. The number of aromatic amines is 1. The van der Waals surface area contributed by atoms with Crippen molar-refractivity contribution in [3.8, 4) is 0 Å². The third kappa shape index (κ3) is 1.58. The molecule has 0 saturated carbocycles. The van der Waals surface area contributed by atoms with Gasteiger partial charge in [0.2, 0.25) is 0 Å². The molecular weight excluding hydrogens is 308 g/mol. The van der Waals surface area contributed by atoms with Gasteiger partial charge in [-0.15, -0.1) is 0 Å². The van der Waals surface area contributed by atoms with Gasteiger partial charge < -0.3 is 4.98 Å². The predicted molar refractivity (Wildman–Crippen MR) is 53.8 cm³/mol. The fourth-order valence-electron chi connectivity index (χ4n) is 1.13. The Hall–Kier alpha value is -0.790. The van der Waals surface area contributed by atoms with Crippen LogP contribution in [0.5, 0.6) is 0 Å². The molecule has 2 heterocycles. The Morgan fingerprint density at radius 3 is 2.64 bits per heavy atom. The van der Waals surface area contributed by atoms with E-state index in [2.05, 4.69) is 9.97 Å². The minimum Gasteiger partial charge on any atom is -0.359 e. The summed E-state index contributed by atoms with van der Waals surface area (Å²) in [6.45, 7) is 0. The van der Waals surface area contributed by atoms with Crippen LogP contribution >= 0.6 is 22.6 Å². The summed E-state index contributed by atoms with van der Waals surface area (Å²) in [5, 5.41) is 0. The molecular formula is C8H4F3IN2. The van der Waals surface area contributed by atoms with Gasteiger partial charge in [0.05, 0.1) is 9.09 Å². The van der Waals surface area contributed by atoms with Crippen LogP contribution in [0.25, 0.3) is 11.0 Å². The summed E-state index contributed by atoms with van der Waals surface area (Å²) < 4.78 is 37.5. The average molecular weight is 312 g/mol. The molecule has 0 fully saturated rings. The van der Waals surface area contributed by atoms with Gasteiger partial charge in [-0.3, -0.25) is 0 Å². The minimum atomic E-state index is -4.38. The first-order valence-electron chi connectivity index (χ1n) is 3.69. The van der Waals surface area contributed by atoms with Gasteiger partial charge in [-0.05, 0) is 34.7 Å².